The van der Waals surface area contributed by atoms with Crippen molar-refractivity contribution < 1.29 is 57.1 Å². The Kier molecular flexibility index (Phi) is 48.2. The average Bonchev–Trinajstić information content (AvgIpc) is 0.826. The standard InChI is InChI=1S/2C22H27N3O2.C14H21N.C10H12N2O3.C4H8O.C4H9.6CH4.Li/c2*1-14-5-8-20(18-7-6-16(3)17(4)10-18)25(13-14)22(27)21(26)24-19-9-15(2)11-23-12-19;1-10-4-7-14(15-9-10)13-6-5-11(2)12(3)8-13;1-3-15-10(14)9(13)12-8-4-7(2)5-11-6-8;1-2-4-5-3-1;1-3-4-2;;;;;;;/h2*6-7,9-12,14,20H,5,8,13H2,1-4H3,(H,24,26);5-6,8,10,14-15H,4,7,9H2,1-3H3;4-6H,3H2,1-2H3,(H,12,13);1-4H2;1,3-4H2,2H3;6*1H4;/q;;;;;-1;;;;;;;+1/t2*14-,20+;;;;;;;;;;;/m10.........../s1. The summed E-state index contributed by atoms with van der Waals surface area (Å²) in [6.07, 6.45) is 20.9. The van der Waals surface area contributed by atoms with E-state index in [0.717, 1.165) is 85.6 Å². The number of pyridine rings is 3. The van der Waals surface area contributed by atoms with Crippen molar-refractivity contribution in [3.8, 4) is 0 Å². The topological polar surface area (TPSA) is 214 Å². The van der Waals surface area contributed by atoms with Gasteiger partial charge in [-0.2, -0.15) is 6.42 Å². The molecule has 3 aromatic carbocycles. The van der Waals surface area contributed by atoms with Gasteiger partial charge in [0.05, 0.1) is 54.3 Å². The van der Waals surface area contributed by atoms with Crippen molar-refractivity contribution in [2.45, 2.75) is 224 Å². The number of ether oxygens (including phenoxy) is 2. The van der Waals surface area contributed by atoms with Crippen LogP contribution >= 0.6 is 0 Å². The van der Waals surface area contributed by atoms with E-state index in [0.29, 0.717) is 48.0 Å². The molecule has 5 amide bonds. The van der Waals surface area contributed by atoms with Crippen molar-refractivity contribution in [2.24, 2.45) is 17.8 Å². The fourth-order valence-corrected chi connectivity index (χ4v) is 11.0. The molecule has 0 aliphatic carbocycles. The van der Waals surface area contributed by atoms with Crippen molar-refractivity contribution in [2.75, 3.05) is 55.4 Å². The number of likely N-dealkylation sites (tertiary alicyclic amines) is 2. The summed E-state index contributed by atoms with van der Waals surface area (Å²) in [5.74, 6) is -2.25. The summed E-state index contributed by atoms with van der Waals surface area (Å²) >= 11 is 0. The van der Waals surface area contributed by atoms with Crippen LogP contribution in [0.15, 0.2) is 110 Å². The zero-order chi connectivity index (χ0) is 68.1. The van der Waals surface area contributed by atoms with E-state index in [1.54, 1.807) is 65.9 Å². The average molecular weight is 1370 g/mol. The van der Waals surface area contributed by atoms with E-state index in [9.17, 15) is 28.8 Å². The minimum Gasteiger partial charge on any atom is -0.459 e. The Morgan fingerprint density at radius 2 is 0.840 bits per heavy atom. The molecule has 4 N–H and O–H groups in total. The third-order valence-electron chi connectivity index (χ3n) is 17.0. The van der Waals surface area contributed by atoms with Gasteiger partial charge in [0.25, 0.3) is 0 Å². The van der Waals surface area contributed by atoms with Gasteiger partial charge in [-0.3, -0.25) is 38.9 Å². The van der Waals surface area contributed by atoms with Crippen LogP contribution in [0.1, 0.15) is 228 Å². The summed E-state index contributed by atoms with van der Waals surface area (Å²) < 4.78 is 9.48. The largest absolute Gasteiger partial charge is 1.00 e. The van der Waals surface area contributed by atoms with Crippen LogP contribution in [0.3, 0.4) is 0 Å². The van der Waals surface area contributed by atoms with Crippen molar-refractivity contribution in [1.29, 1.82) is 0 Å². The zero-order valence-electron chi connectivity index (χ0n) is 58.9. The number of piperidine rings is 3. The molecule has 10 rings (SSSR count). The first-order chi connectivity index (χ1) is 44.4. The molecule has 4 saturated heterocycles. The number of unbranched alkanes of at least 4 members (excludes halogenated alkanes) is 1. The van der Waals surface area contributed by atoms with Crippen LogP contribution in [-0.2, 0) is 38.2 Å². The molecule has 17 nitrogen and oxygen atoms in total. The molecule has 6 atom stereocenters. The second-order valence-electron chi connectivity index (χ2n) is 25.5. The van der Waals surface area contributed by atoms with Gasteiger partial charge >= 0.3 is 54.4 Å². The predicted molar refractivity (Wildman–Crippen MR) is 413 cm³/mol. The van der Waals surface area contributed by atoms with E-state index in [-0.39, 0.29) is 82.1 Å². The van der Waals surface area contributed by atoms with Crippen LogP contribution in [0.4, 0.5) is 17.1 Å². The third kappa shape index (κ3) is 32.0. The monoisotopic (exact) mass is 1370 g/mol. The number of nitrogens with one attached hydrogen (secondary N) is 4. The number of esters is 1. The fourth-order valence-electron chi connectivity index (χ4n) is 11.0. The van der Waals surface area contributed by atoms with Crippen LogP contribution in [0.25, 0.3) is 0 Å². The maximum absolute atomic E-state index is 13.0. The first-order valence-electron chi connectivity index (χ1n) is 33.2. The van der Waals surface area contributed by atoms with Gasteiger partial charge in [0.15, 0.2) is 0 Å². The summed E-state index contributed by atoms with van der Waals surface area (Å²) in [6, 6.07) is 25.2. The molecule has 3 aromatic heterocycles. The molecule has 4 fully saturated rings. The van der Waals surface area contributed by atoms with Crippen LogP contribution < -0.4 is 40.1 Å². The summed E-state index contributed by atoms with van der Waals surface area (Å²) in [6.45, 7) is 36.8. The number of amides is 5. The van der Waals surface area contributed by atoms with Crippen molar-refractivity contribution in [1.82, 2.24) is 30.1 Å². The molecular formula is C82H128LiN9O8. The van der Waals surface area contributed by atoms with Gasteiger partial charge in [0.1, 0.15) is 0 Å². The van der Waals surface area contributed by atoms with Gasteiger partial charge < -0.3 is 47.5 Å². The Morgan fingerprint density at radius 3 is 1.15 bits per heavy atom. The smallest absolute Gasteiger partial charge is 0.459 e. The third-order valence-corrected chi connectivity index (χ3v) is 17.0. The van der Waals surface area contributed by atoms with E-state index in [1.165, 1.54) is 77.2 Å². The predicted octanol–water partition coefficient (Wildman–Crippen LogP) is 15.4. The molecule has 18 heteroatoms. The quantitative estimate of drug-likeness (QED) is 0.0485. The molecule has 4 aliphatic heterocycles. The Labute approximate surface area is 617 Å². The number of carbonyl (C=O) groups is 6. The second kappa shape index (κ2) is 49.9. The van der Waals surface area contributed by atoms with Gasteiger partial charge in [0, 0.05) is 50.9 Å². The minimum atomic E-state index is -0.890. The molecule has 7 heterocycles. The van der Waals surface area contributed by atoms with Gasteiger partial charge in [-0.1, -0.05) is 133 Å². The van der Waals surface area contributed by atoms with Gasteiger partial charge in [0.2, 0.25) is 0 Å². The Balaban J connectivity index is -0.00000121. The van der Waals surface area contributed by atoms with Crippen molar-refractivity contribution in [3.05, 3.63) is 184 Å². The van der Waals surface area contributed by atoms with E-state index in [2.05, 4.69) is 172 Å². The SMILES string of the molecule is C.C.C.C.C.C.C1CCOC1.CCOC(=O)C(=O)Nc1cncc(C)c1.Cc1ccc(C2CCC(C)CN2)cc1C.Cc1cncc(NC(=O)C(=O)N2C[C@@H](C)CC[C@@H]2c2ccc(C)c(C)c2)c1.Cc1cncc(NC(=O)C(=O)N2C[C@H](C)CC[C@H]2c2ccc(C)c(C)c2)c1.[CH2-]CCC.[Li+]. The van der Waals surface area contributed by atoms with Gasteiger partial charge in [-0.05, 0) is 230 Å². The molecule has 100 heavy (non-hydrogen) atoms. The van der Waals surface area contributed by atoms with Crippen molar-refractivity contribution in [3.63, 3.8) is 0 Å². The Morgan fingerprint density at radius 1 is 0.490 bits per heavy atom. The van der Waals surface area contributed by atoms with E-state index in [1.807, 2.05) is 20.8 Å². The number of anilines is 3. The molecule has 550 valence electrons. The number of aryl methyl sites for hydroxylation is 9. The number of rotatable bonds is 8. The maximum Gasteiger partial charge on any atom is 1.00 e. The number of aromatic nitrogens is 3. The van der Waals surface area contributed by atoms with Crippen LogP contribution in [0.2, 0.25) is 0 Å². The first kappa shape index (κ1) is 96.6. The number of hydrogen-bond acceptors (Lipinski definition) is 12. The summed E-state index contributed by atoms with van der Waals surface area (Å²) in [5.41, 5.74) is 15.7. The molecule has 0 spiro atoms. The Bertz CT molecular complexity index is 3250. The van der Waals surface area contributed by atoms with Crippen LogP contribution in [-0.4, -0.2) is 99.7 Å². The van der Waals surface area contributed by atoms with E-state index in [4.69, 9.17) is 4.74 Å². The molecule has 0 radical (unpaired) electrons. The fraction of sp³-hybridized carbons (Fsp3) is 0.512. The molecule has 4 aliphatic rings. The number of carbonyl (C=O) groups excluding carboxylic acids is 6. The number of benzene rings is 3. The molecule has 0 bridgehead atoms. The number of hydrogen-bond donors (Lipinski definition) is 4. The van der Waals surface area contributed by atoms with Gasteiger partial charge in [-0.25, -0.2) is 4.79 Å². The van der Waals surface area contributed by atoms with E-state index >= 15 is 0 Å². The first-order valence-corrected chi connectivity index (χ1v) is 33.2. The molecular weight excluding hydrogens is 1250 g/mol. The van der Waals surface area contributed by atoms with E-state index < -0.39 is 35.5 Å². The van der Waals surface area contributed by atoms with Crippen LogP contribution in [0, 0.1) is 87.0 Å². The Hall–Kier alpha value is -7.55. The van der Waals surface area contributed by atoms with Gasteiger partial charge in [-0.15, -0.1) is 0 Å². The summed E-state index contributed by atoms with van der Waals surface area (Å²) in [7, 11) is 0. The molecule has 2 unspecified atom stereocenters. The minimum absolute atomic E-state index is 0. The summed E-state index contributed by atoms with van der Waals surface area (Å²) in [4.78, 5) is 88.8. The van der Waals surface area contributed by atoms with Crippen molar-refractivity contribution >= 4 is 52.6 Å². The van der Waals surface area contributed by atoms with Crippen LogP contribution in [0.5, 0.6) is 0 Å². The molecule has 0 saturated carbocycles. The number of nitrogens with zero attached hydrogens (tertiary/aromatic N) is 5. The molecule has 6 aromatic rings. The zero-order valence-corrected chi connectivity index (χ0v) is 58.9. The maximum atomic E-state index is 13.0. The summed E-state index contributed by atoms with van der Waals surface area (Å²) in [5, 5.41) is 11.4. The second-order valence-corrected chi connectivity index (χ2v) is 25.5. The normalized spacial score (nSPS) is 17.5.